The van der Waals surface area contributed by atoms with E-state index in [0.717, 1.165) is 5.01 Å². The van der Waals surface area contributed by atoms with Crippen LogP contribution >= 0.6 is 11.3 Å². The zero-order valence-corrected chi connectivity index (χ0v) is 15.4. The van der Waals surface area contributed by atoms with E-state index in [9.17, 15) is 9.18 Å². The van der Waals surface area contributed by atoms with E-state index in [1.54, 1.807) is 48.7 Å². The number of furan rings is 1. The molecule has 4 aromatic rings. The van der Waals surface area contributed by atoms with E-state index >= 15 is 0 Å². The Morgan fingerprint density at radius 3 is 2.71 bits per heavy atom. The molecule has 7 heteroatoms. The SMILES string of the molecule is O=C(Cc1csc(-c2ccco2)n1)Nc1ccc(Oc2cccc(F)c2)cc1. The fraction of sp³-hybridized carbons (Fsp3) is 0.0476. The summed E-state index contributed by atoms with van der Waals surface area (Å²) in [5, 5.41) is 5.40. The summed E-state index contributed by atoms with van der Waals surface area (Å²) in [7, 11) is 0. The monoisotopic (exact) mass is 394 g/mol. The number of benzene rings is 2. The van der Waals surface area contributed by atoms with Crippen molar-refractivity contribution in [3.8, 4) is 22.3 Å². The Bertz CT molecular complexity index is 1080. The Morgan fingerprint density at radius 2 is 1.96 bits per heavy atom. The maximum Gasteiger partial charge on any atom is 0.230 e. The second-order valence-corrected chi connectivity index (χ2v) is 6.79. The van der Waals surface area contributed by atoms with Gasteiger partial charge in [-0.1, -0.05) is 6.07 Å². The number of thiazole rings is 1. The summed E-state index contributed by atoms with van der Waals surface area (Å²) in [4.78, 5) is 16.7. The lowest BCUT2D eigenvalue weighted by molar-refractivity contribution is -0.115. The van der Waals surface area contributed by atoms with Crippen LogP contribution in [-0.4, -0.2) is 10.9 Å². The van der Waals surface area contributed by atoms with Crippen molar-refractivity contribution in [3.63, 3.8) is 0 Å². The predicted octanol–water partition coefficient (Wildman–Crippen LogP) is 5.52. The van der Waals surface area contributed by atoms with Crippen LogP contribution in [0.25, 0.3) is 10.8 Å². The maximum absolute atomic E-state index is 13.2. The number of hydrogen-bond donors (Lipinski definition) is 1. The standard InChI is InChI=1S/C21H15FN2O3S/c22-14-3-1-4-18(11-14)27-17-8-6-15(7-9-17)23-20(25)12-16-13-28-21(24-16)19-5-2-10-26-19/h1-11,13H,12H2,(H,23,25). The smallest absolute Gasteiger partial charge is 0.230 e. The maximum atomic E-state index is 13.2. The third kappa shape index (κ3) is 4.44. The number of carbonyl (C=O) groups excluding carboxylic acids is 1. The highest BCUT2D eigenvalue weighted by Crippen LogP contribution is 2.25. The molecule has 0 aliphatic carbocycles. The number of rotatable bonds is 6. The van der Waals surface area contributed by atoms with Crippen LogP contribution in [0.2, 0.25) is 0 Å². The van der Waals surface area contributed by atoms with Gasteiger partial charge in [-0.2, -0.15) is 0 Å². The van der Waals surface area contributed by atoms with Crippen molar-refractivity contribution >= 4 is 22.9 Å². The van der Waals surface area contributed by atoms with Gasteiger partial charge < -0.3 is 14.5 Å². The molecule has 0 spiro atoms. The number of hydrogen-bond acceptors (Lipinski definition) is 5. The van der Waals surface area contributed by atoms with Crippen molar-refractivity contribution in [1.29, 1.82) is 0 Å². The fourth-order valence-corrected chi connectivity index (χ4v) is 3.33. The number of anilines is 1. The number of ether oxygens (including phenoxy) is 1. The lowest BCUT2D eigenvalue weighted by atomic mass is 10.2. The van der Waals surface area contributed by atoms with Crippen molar-refractivity contribution in [1.82, 2.24) is 4.98 Å². The van der Waals surface area contributed by atoms with Crippen molar-refractivity contribution < 1.29 is 18.3 Å². The number of carbonyl (C=O) groups is 1. The molecule has 1 N–H and O–H groups in total. The van der Waals surface area contributed by atoms with Gasteiger partial charge in [0.1, 0.15) is 17.3 Å². The molecular formula is C21H15FN2O3S. The van der Waals surface area contributed by atoms with E-state index in [2.05, 4.69) is 10.3 Å². The van der Waals surface area contributed by atoms with Gasteiger partial charge in [-0.15, -0.1) is 11.3 Å². The van der Waals surface area contributed by atoms with Gasteiger partial charge in [-0.25, -0.2) is 9.37 Å². The van der Waals surface area contributed by atoms with Gasteiger partial charge in [0.05, 0.1) is 18.4 Å². The van der Waals surface area contributed by atoms with Crippen molar-refractivity contribution in [2.24, 2.45) is 0 Å². The minimum atomic E-state index is -0.362. The highest BCUT2D eigenvalue weighted by molar-refractivity contribution is 7.13. The summed E-state index contributed by atoms with van der Waals surface area (Å²) in [6, 6.07) is 16.4. The van der Waals surface area contributed by atoms with E-state index in [1.807, 2.05) is 11.4 Å². The van der Waals surface area contributed by atoms with E-state index in [4.69, 9.17) is 9.15 Å². The summed E-state index contributed by atoms with van der Waals surface area (Å²) >= 11 is 1.43. The minimum Gasteiger partial charge on any atom is -0.462 e. The molecule has 28 heavy (non-hydrogen) atoms. The van der Waals surface area contributed by atoms with Gasteiger partial charge in [0.25, 0.3) is 0 Å². The van der Waals surface area contributed by atoms with Crippen LogP contribution in [0.1, 0.15) is 5.69 Å². The van der Waals surface area contributed by atoms with Gasteiger partial charge in [0, 0.05) is 17.1 Å². The zero-order valence-electron chi connectivity index (χ0n) is 14.6. The fourth-order valence-electron chi connectivity index (χ4n) is 2.54. The Hall–Kier alpha value is -3.45. The van der Waals surface area contributed by atoms with Crippen LogP contribution < -0.4 is 10.1 Å². The first kappa shape index (κ1) is 17.9. The molecule has 0 fully saturated rings. The van der Waals surface area contributed by atoms with Crippen LogP contribution in [0.5, 0.6) is 11.5 Å². The molecule has 140 valence electrons. The molecule has 0 bridgehead atoms. The first-order valence-corrected chi connectivity index (χ1v) is 9.35. The van der Waals surface area contributed by atoms with Gasteiger partial charge in [0.2, 0.25) is 5.91 Å². The summed E-state index contributed by atoms with van der Waals surface area (Å²) in [6.45, 7) is 0. The molecule has 2 aromatic heterocycles. The molecular weight excluding hydrogens is 379 g/mol. The summed E-state index contributed by atoms with van der Waals surface area (Å²) < 4.78 is 24.1. The van der Waals surface area contributed by atoms with E-state index in [-0.39, 0.29) is 18.1 Å². The van der Waals surface area contributed by atoms with Crippen LogP contribution in [0.4, 0.5) is 10.1 Å². The molecule has 4 rings (SSSR count). The molecule has 0 unspecified atom stereocenters. The van der Waals surface area contributed by atoms with Crippen LogP contribution in [0.15, 0.2) is 76.7 Å². The molecule has 0 saturated carbocycles. The summed E-state index contributed by atoms with van der Waals surface area (Å²) in [5.74, 6) is 1.11. The Kier molecular flexibility index (Phi) is 5.16. The molecule has 2 heterocycles. The molecule has 0 radical (unpaired) electrons. The third-order valence-electron chi connectivity index (χ3n) is 3.80. The average Bonchev–Trinajstić information content (AvgIpc) is 3.35. The molecule has 0 aliphatic rings. The van der Waals surface area contributed by atoms with Gasteiger partial charge in [-0.3, -0.25) is 4.79 Å². The van der Waals surface area contributed by atoms with E-state index in [0.29, 0.717) is 28.6 Å². The Labute approximate surface area is 164 Å². The Balaban J connectivity index is 1.34. The van der Waals surface area contributed by atoms with Crippen LogP contribution in [0.3, 0.4) is 0 Å². The molecule has 5 nitrogen and oxygen atoms in total. The third-order valence-corrected chi connectivity index (χ3v) is 4.70. The van der Waals surface area contributed by atoms with Gasteiger partial charge in [0.15, 0.2) is 10.8 Å². The highest BCUT2D eigenvalue weighted by atomic mass is 32.1. The quantitative estimate of drug-likeness (QED) is 0.468. The number of halogens is 1. The summed E-state index contributed by atoms with van der Waals surface area (Å²) in [6.07, 6.45) is 1.75. The number of nitrogens with one attached hydrogen (secondary N) is 1. The Morgan fingerprint density at radius 1 is 1.11 bits per heavy atom. The molecule has 0 aliphatic heterocycles. The predicted molar refractivity (Wildman–Crippen MR) is 105 cm³/mol. The van der Waals surface area contributed by atoms with Crippen LogP contribution in [-0.2, 0) is 11.2 Å². The molecule has 0 saturated heterocycles. The molecule has 0 atom stereocenters. The second-order valence-electron chi connectivity index (χ2n) is 5.93. The molecule has 2 aromatic carbocycles. The lowest BCUT2D eigenvalue weighted by Gasteiger charge is -2.08. The number of nitrogens with zero attached hydrogens (tertiary/aromatic N) is 1. The second kappa shape index (κ2) is 8.06. The van der Waals surface area contributed by atoms with E-state index in [1.165, 1.54) is 23.5 Å². The minimum absolute atomic E-state index is 0.165. The highest BCUT2D eigenvalue weighted by Gasteiger charge is 2.11. The number of amides is 1. The van der Waals surface area contributed by atoms with Crippen molar-refractivity contribution in [2.75, 3.05) is 5.32 Å². The summed E-state index contributed by atoms with van der Waals surface area (Å²) in [5.41, 5.74) is 1.32. The average molecular weight is 394 g/mol. The van der Waals surface area contributed by atoms with Crippen molar-refractivity contribution in [3.05, 3.63) is 83.8 Å². The topological polar surface area (TPSA) is 64.4 Å². The van der Waals surface area contributed by atoms with E-state index < -0.39 is 0 Å². The lowest BCUT2D eigenvalue weighted by Crippen LogP contribution is -2.14. The normalized spacial score (nSPS) is 10.6. The molecule has 1 amide bonds. The van der Waals surface area contributed by atoms with Crippen LogP contribution in [0, 0.1) is 5.82 Å². The largest absolute Gasteiger partial charge is 0.462 e. The first-order valence-electron chi connectivity index (χ1n) is 8.47. The number of aromatic nitrogens is 1. The first-order chi connectivity index (χ1) is 13.7. The van der Waals surface area contributed by atoms with Gasteiger partial charge >= 0.3 is 0 Å². The van der Waals surface area contributed by atoms with Crippen molar-refractivity contribution in [2.45, 2.75) is 6.42 Å². The van der Waals surface area contributed by atoms with Gasteiger partial charge in [-0.05, 0) is 48.5 Å². The zero-order chi connectivity index (χ0) is 19.3.